The number of nitrogens with two attached hydrogens (primary N) is 1. The molecule has 0 radical (unpaired) electrons. The predicted molar refractivity (Wildman–Crippen MR) is 83.8 cm³/mol. The Kier molecular flexibility index (Phi) is 3.06. The Bertz CT molecular complexity index is 700. The van der Waals surface area contributed by atoms with Crippen molar-refractivity contribution in [2.75, 3.05) is 23.0 Å². The van der Waals surface area contributed by atoms with E-state index in [9.17, 15) is 4.79 Å². The molecule has 0 fully saturated rings. The number of fused-ring (bicyclic) bond motifs is 2. The molecule has 0 saturated heterocycles. The summed E-state index contributed by atoms with van der Waals surface area (Å²) in [5, 5.41) is 3.12. The Morgan fingerprint density at radius 1 is 1.15 bits per heavy atom. The van der Waals surface area contributed by atoms with Gasteiger partial charge in [-0.25, -0.2) is 0 Å². The summed E-state index contributed by atoms with van der Waals surface area (Å²) < 4.78 is 0. The highest BCUT2D eigenvalue weighted by molar-refractivity contribution is 7.99. The molecular formula is C15H15N3OS. The lowest BCUT2D eigenvalue weighted by Gasteiger charge is -2.30. The van der Waals surface area contributed by atoms with Gasteiger partial charge >= 0.3 is 0 Å². The number of carbonyl (C=O) groups is 1. The number of hydrogen-bond acceptors (Lipinski definition) is 4. The Morgan fingerprint density at radius 3 is 2.45 bits per heavy atom. The maximum absolute atomic E-state index is 12.0. The lowest BCUT2D eigenvalue weighted by atomic mass is 10.2. The number of nitrogens with zero attached hydrogens (tertiary/aromatic N) is 1. The number of nitrogens with one attached hydrogen (secondary N) is 1. The molecular weight excluding hydrogens is 270 g/mol. The van der Waals surface area contributed by atoms with Gasteiger partial charge in [0, 0.05) is 35.1 Å². The first-order valence-corrected chi connectivity index (χ1v) is 7.11. The summed E-state index contributed by atoms with van der Waals surface area (Å²) in [7, 11) is 1.88. The number of rotatable bonds is 1. The van der Waals surface area contributed by atoms with Crippen molar-refractivity contribution >= 4 is 40.4 Å². The van der Waals surface area contributed by atoms with E-state index in [4.69, 9.17) is 5.73 Å². The van der Waals surface area contributed by atoms with E-state index in [2.05, 4.69) is 5.32 Å². The van der Waals surface area contributed by atoms with Crippen LogP contribution in [0.25, 0.3) is 0 Å². The molecule has 1 heterocycles. The normalized spacial score (nSPS) is 12.6. The molecule has 4 nitrogen and oxygen atoms in total. The van der Waals surface area contributed by atoms with Crippen molar-refractivity contribution < 1.29 is 4.79 Å². The number of nitrogen functional groups attached to an aromatic ring is 1. The number of benzene rings is 2. The fraction of sp³-hybridized carbons (Fsp3) is 0.133. The number of amides is 1. The average molecular weight is 285 g/mol. The first kappa shape index (κ1) is 12.9. The molecule has 0 atom stereocenters. The summed E-state index contributed by atoms with van der Waals surface area (Å²) in [5.74, 6) is -0.00483. The third-order valence-electron chi connectivity index (χ3n) is 3.25. The summed E-state index contributed by atoms with van der Waals surface area (Å²) in [4.78, 5) is 15.8. The molecule has 0 bridgehead atoms. The topological polar surface area (TPSA) is 58.4 Å². The van der Waals surface area contributed by atoms with Crippen molar-refractivity contribution in [1.29, 1.82) is 0 Å². The fourth-order valence-electron chi connectivity index (χ4n) is 2.32. The van der Waals surface area contributed by atoms with Crippen LogP contribution in [-0.2, 0) is 4.79 Å². The number of hydrogen-bond donors (Lipinski definition) is 2. The second-order valence-electron chi connectivity index (χ2n) is 4.62. The van der Waals surface area contributed by atoms with Crippen LogP contribution < -0.4 is 16.0 Å². The smallest absolute Gasteiger partial charge is 0.228 e. The molecule has 5 heteroatoms. The molecule has 0 aliphatic carbocycles. The maximum Gasteiger partial charge on any atom is 0.228 e. The van der Waals surface area contributed by atoms with Crippen molar-refractivity contribution in [1.82, 2.24) is 0 Å². The molecule has 1 aliphatic heterocycles. The van der Waals surface area contributed by atoms with Gasteiger partial charge in [-0.2, -0.15) is 0 Å². The van der Waals surface area contributed by atoms with E-state index in [0.29, 0.717) is 5.69 Å². The van der Waals surface area contributed by atoms with E-state index in [1.807, 2.05) is 43.4 Å². The first-order chi connectivity index (χ1) is 9.60. The zero-order chi connectivity index (χ0) is 14.3. The lowest BCUT2D eigenvalue weighted by Crippen LogP contribution is -2.25. The largest absolute Gasteiger partial charge is 0.399 e. The molecule has 0 saturated carbocycles. The Balaban J connectivity index is 2.19. The van der Waals surface area contributed by atoms with E-state index in [0.717, 1.165) is 26.9 Å². The summed E-state index contributed by atoms with van der Waals surface area (Å²) in [6.07, 6.45) is 0. The molecule has 0 aromatic heterocycles. The van der Waals surface area contributed by atoms with Crippen molar-refractivity contribution in [3.05, 3.63) is 36.4 Å². The number of carbonyl (C=O) groups excluding carboxylic acids is 1. The number of anilines is 4. The van der Waals surface area contributed by atoms with Gasteiger partial charge in [-0.15, -0.1) is 0 Å². The van der Waals surface area contributed by atoms with Crippen LogP contribution in [-0.4, -0.2) is 13.0 Å². The second-order valence-corrected chi connectivity index (χ2v) is 5.70. The quantitative estimate of drug-likeness (QED) is 0.788. The molecule has 0 unspecified atom stereocenters. The SMILES string of the molecule is CNc1ccc2c(c1)Sc1cc(N)ccc1N2C(C)=O. The lowest BCUT2D eigenvalue weighted by molar-refractivity contribution is -0.115. The van der Waals surface area contributed by atoms with Crippen LogP contribution in [0, 0.1) is 0 Å². The molecule has 102 valence electrons. The monoisotopic (exact) mass is 285 g/mol. The molecule has 20 heavy (non-hydrogen) atoms. The zero-order valence-electron chi connectivity index (χ0n) is 11.3. The van der Waals surface area contributed by atoms with E-state index in [1.165, 1.54) is 0 Å². The third-order valence-corrected chi connectivity index (χ3v) is 4.34. The van der Waals surface area contributed by atoms with Crippen molar-refractivity contribution in [2.45, 2.75) is 16.7 Å². The van der Waals surface area contributed by atoms with Gasteiger partial charge in [0.2, 0.25) is 5.91 Å². The van der Waals surface area contributed by atoms with Crippen LogP contribution in [0.4, 0.5) is 22.7 Å². The van der Waals surface area contributed by atoms with Gasteiger partial charge in [-0.05, 0) is 36.4 Å². The van der Waals surface area contributed by atoms with Gasteiger partial charge in [-0.1, -0.05) is 11.8 Å². The van der Waals surface area contributed by atoms with Gasteiger partial charge in [0.1, 0.15) is 0 Å². The third kappa shape index (κ3) is 2.00. The molecule has 0 spiro atoms. The Labute approximate surface area is 122 Å². The Hall–Kier alpha value is -2.14. The molecule has 3 N–H and O–H groups in total. The minimum atomic E-state index is -0.00483. The summed E-state index contributed by atoms with van der Waals surface area (Å²) >= 11 is 1.63. The van der Waals surface area contributed by atoms with Crippen LogP contribution in [0.15, 0.2) is 46.2 Å². The van der Waals surface area contributed by atoms with Crippen molar-refractivity contribution in [2.24, 2.45) is 0 Å². The maximum atomic E-state index is 12.0. The highest BCUT2D eigenvalue weighted by Crippen LogP contribution is 2.49. The van der Waals surface area contributed by atoms with Crippen LogP contribution in [0.3, 0.4) is 0 Å². The van der Waals surface area contributed by atoms with Crippen LogP contribution in [0.2, 0.25) is 0 Å². The fourth-order valence-corrected chi connectivity index (χ4v) is 3.47. The highest BCUT2D eigenvalue weighted by Gasteiger charge is 2.26. The second kappa shape index (κ2) is 4.76. The summed E-state index contributed by atoms with van der Waals surface area (Å²) in [6, 6.07) is 11.6. The Morgan fingerprint density at radius 2 is 1.80 bits per heavy atom. The van der Waals surface area contributed by atoms with Gasteiger partial charge < -0.3 is 11.1 Å². The van der Waals surface area contributed by atoms with Crippen molar-refractivity contribution in [3.63, 3.8) is 0 Å². The van der Waals surface area contributed by atoms with Crippen LogP contribution in [0.5, 0.6) is 0 Å². The standard InChI is InChI=1S/C15H15N3OS/c1-9(19)18-12-5-3-10(16)7-14(12)20-15-8-11(17-2)4-6-13(15)18/h3-8,17H,16H2,1-2H3. The summed E-state index contributed by atoms with van der Waals surface area (Å²) in [6.45, 7) is 1.58. The molecule has 1 amide bonds. The minimum absolute atomic E-state index is 0.00483. The van der Waals surface area contributed by atoms with Gasteiger partial charge in [0.05, 0.1) is 11.4 Å². The van der Waals surface area contributed by atoms with Crippen LogP contribution in [0.1, 0.15) is 6.92 Å². The van der Waals surface area contributed by atoms with E-state index in [-0.39, 0.29) is 5.91 Å². The van der Waals surface area contributed by atoms with Gasteiger partial charge in [-0.3, -0.25) is 9.69 Å². The molecule has 2 aromatic carbocycles. The predicted octanol–water partition coefficient (Wildman–Crippen LogP) is 3.46. The highest BCUT2D eigenvalue weighted by atomic mass is 32.2. The van der Waals surface area contributed by atoms with Gasteiger partial charge in [0.25, 0.3) is 0 Å². The van der Waals surface area contributed by atoms with Crippen molar-refractivity contribution in [3.8, 4) is 0 Å². The molecule has 3 rings (SSSR count). The summed E-state index contributed by atoms with van der Waals surface area (Å²) in [5.41, 5.74) is 9.38. The molecule has 1 aliphatic rings. The average Bonchev–Trinajstić information content (AvgIpc) is 2.43. The first-order valence-electron chi connectivity index (χ1n) is 6.30. The minimum Gasteiger partial charge on any atom is -0.399 e. The van der Waals surface area contributed by atoms with E-state index >= 15 is 0 Å². The molecule has 2 aromatic rings. The van der Waals surface area contributed by atoms with E-state index < -0.39 is 0 Å². The van der Waals surface area contributed by atoms with E-state index in [1.54, 1.807) is 23.6 Å². The zero-order valence-corrected chi connectivity index (χ0v) is 12.1. The van der Waals surface area contributed by atoms with Gasteiger partial charge in [0.15, 0.2) is 0 Å². The van der Waals surface area contributed by atoms with Crippen LogP contribution >= 0.6 is 11.8 Å².